The van der Waals surface area contributed by atoms with Crippen LogP contribution in [0.1, 0.15) is 31.2 Å². The molecule has 1 saturated carbocycles. The van der Waals surface area contributed by atoms with Crippen LogP contribution in [-0.2, 0) is 11.2 Å². The maximum atomic E-state index is 11.2. The van der Waals surface area contributed by atoms with Crippen molar-refractivity contribution in [3.05, 3.63) is 23.8 Å². The van der Waals surface area contributed by atoms with E-state index >= 15 is 0 Å². The Morgan fingerprint density at radius 1 is 1.33 bits per heavy atom. The van der Waals surface area contributed by atoms with Crippen LogP contribution in [0.25, 0.3) is 10.2 Å². The Hall–Kier alpha value is -1.42. The maximum Gasteiger partial charge on any atom is 0.181 e. The molecule has 0 bridgehead atoms. The van der Waals surface area contributed by atoms with Crippen LogP contribution in [0.4, 0.5) is 5.13 Å². The molecular formula is C14H16N2OS. The van der Waals surface area contributed by atoms with Crippen molar-refractivity contribution in [2.75, 3.05) is 5.73 Å². The van der Waals surface area contributed by atoms with E-state index in [-0.39, 0.29) is 0 Å². The fraction of sp³-hybridized carbons (Fsp3) is 0.429. The molecule has 4 heteroatoms. The Morgan fingerprint density at radius 3 is 2.89 bits per heavy atom. The fourth-order valence-corrected chi connectivity index (χ4v) is 3.45. The zero-order chi connectivity index (χ0) is 12.5. The van der Waals surface area contributed by atoms with Gasteiger partial charge < -0.3 is 5.73 Å². The molecule has 1 aromatic heterocycles. The van der Waals surface area contributed by atoms with Crippen molar-refractivity contribution in [1.29, 1.82) is 0 Å². The largest absolute Gasteiger partial charge is 0.375 e. The molecule has 0 radical (unpaired) electrons. The van der Waals surface area contributed by atoms with Gasteiger partial charge in [-0.1, -0.05) is 17.4 Å². The number of nitrogens with two attached hydrogens (primary N) is 1. The van der Waals surface area contributed by atoms with Gasteiger partial charge in [0.25, 0.3) is 0 Å². The SMILES string of the molecule is Nc1nc2ccc(CC3CCC(=O)CC3)cc2s1. The summed E-state index contributed by atoms with van der Waals surface area (Å²) in [5.74, 6) is 1.09. The van der Waals surface area contributed by atoms with E-state index in [4.69, 9.17) is 5.73 Å². The van der Waals surface area contributed by atoms with Crippen LogP contribution in [0.5, 0.6) is 0 Å². The first-order valence-electron chi connectivity index (χ1n) is 6.37. The molecule has 1 heterocycles. The summed E-state index contributed by atoms with van der Waals surface area (Å²) in [6, 6.07) is 6.38. The summed E-state index contributed by atoms with van der Waals surface area (Å²) >= 11 is 1.54. The number of fused-ring (bicyclic) bond motifs is 1. The van der Waals surface area contributed by atoms with E-state index in [9.17, 15) is 4.79 Å². The summed E-state index contributed by atoms with van der Waals surface area (Å²) in [7, 11) is 0. The van der Waals surface area contributed by atoms with Gasteiger partial charge in [-0.3, -0.25) is 4.79 Å². The van der Waals surface area contributed by atoms with Gasteiger partial charge in [0.05, 0.1) is 10.2 Å². The van der Waals surface area contributed by atoms with Crippen molar-refractivity contribution < 1.29 is 4.79 Å². The van der Waals surface area contributed by atoms with Crippen LogP contribution in [0.15, 0.2) is 18.2 Å². The first kappa shape index (κ1) is 11.7. The van der Waals surface area contributed by atoms with Crippen LogP contribution in [-0.4, -0.2) is 10.8 Å². The third kappa shape index (κ3) is 2.38. The highest BCUT2D eigenvalue weighted by Crippen LogP contribution is 2.28. The second-order valence-corrected chi connectivity index (χ2v) is 6.10. The number of aromatic nitrogens is 1. The third-order valence-electron chi connectivity index (χ3n) is 3.66. The summed E-state index contributed by atoms with van der Waals surface area (Å²) < 4.78 is 1.16. The zero-order valence-corrected chi connectivity index (χ0v) is 11.0. The summed E-state index contributed by atoms with van der Waals surface area (Å²) in [4.78, 5) is 15.5. The van der Waals surface area contributed by atoms with Gasteiger partial charge in [0.15, 0.2) is 5.13 Å². The molecule has 0 aliphatic heterocycles. The molecule has 0 spiro atoms. The number of benzene rings is 1. The fourth-order valence-electron chi connectivity index (χ4n) is 2.65. The van der Waals surface area contributed by atoms with Gasteiger partial charge in [-0.25, -0.2) is 4.98 Å². The van der Waals surface area contributed by atoms with Crippen LogP contribution >= 0.6 is 11.3 Å². The molecule has 1 aromatic carbocycles. The van der Waals surface area contributed by atoms with E-state index in [1.165, 1.54) is 5.56 Å². The average molecular weight is 260 g/mol. The molecule has 1 aliphatic carbocycles. The van der Waals surface area contributed by atoms with E-state index in [0.29, 0.717) is 16.8 Å². The number of nitrogen functional groups attached to an aromatic ring is 1. The molecule has 1 fully saturated rings. The minimum Gasteiger partial charge on any atom is -0.375 e. The Morgan fingerprint density at radius 2 is 2.11 bits per heavy atom. The Bertz CT molecular complexity index is 580. The van der Waals surface area contributed by atoms with E-state index in [1.807, 2.05) is 6.07 Å². The number of carbonyl (C=O) groups is 1. The van der Waals surface area contributed by atoms with Crippen LogP contribution in [0, 0.1) is 5.92 Å². The quantitative estimate of drug-likeness (QED) is 0.902. The first-order chi connectivity index (χ1) is 8.70. The maximum absolute atomic E-state index is 11.2. The molecule has 0 amide bonds. The lowest BCUT2D eigenvalue weighted by molar-refractivity contribution is -0.120. The van der Waals surface area contributed by atoms with E-state index in [2.05, 4.69) is 17.1 Å². The van der Waals surface area contributed by atoms with Gasteiger partial charge in [-0.15, -0.1) is 0 Å². The Labute approximate surface area is 110 Å². The molecule has 0 saturated heterocycles. The highest BCUT2D eigenvalue weighted by Gasteiger charge is 2.19. The van der Waals surface area contributed by atoms with Gasteiger partial charge in [-0.2, -0.15) is 0 Å². The third-order valence-corrected chi connectivity index (χ3v) is 4.50. The van der Waals surface area contributed by atoms with Gasteiger partial charge in [0.1, 0.15) is 5.78 Å². The van der Waals surface area contributed by atoms with Gasteiger partial charge in [0.2, 0.25) is 0 Å². The number of rotatable bonds is 2. The molecule has 1 aliphatic rings. The number of carbonyl (C=O) groups excluding carboxylic acids is 1. The number of nitrogens with zero attached hydrogens (tertiary/aromatic N) is 1. The molecular weight excluding hydrogens is 244 g/mol. The van der Waals surface area contributed by atoms with Crippen LogP contribution in [0.3, 0.4) is 0 Å². The van der Waals surface area contributed by atoms with Gasteiger partial charge in [0, 0.05) is 12.8 Å². The monoisotopic (exact) mass is 260 g/mol. The lowest BCUT2D eigenvalue weighted by Crippen LogP contribution is -2.15. The highest BCUT2D eigenvalue weighted by molar-refractivity contribution is 7.22. The van der Waals surface area contributed by atoms with Crippen molar-refractivity contribution in [3.63, 3.8) is 0 Å². The number of Topliss-reactive ketones (excluding diaryl/α,β-unsaturated/α-hetero) is 1. The first-order valence-corrected chi connectivity index (χ1v) is 7.19. The predicted octanol–water partition coefficient (Wildman–Crippen LogP) is 3.18. The van der Waals surface area contributed by atoms with Gasteiger partial charge >= 0.3 is 0 Å². The topological polar surface area (TPSA) is 56.0 Å². The van der Waals surface area contributed by atoms with Crippen molar-refractivity contribution in [2.45, 2.75) is 32.1 Å². The lowest BCUT2D eigenvalue weighted by atomic mass is 9.84. The van der Waals surface area contributed by atoms with Crippen LogP contribution < -0.4 is 5.73 Å². The second-order valence-electron chi connectivity index (χ2n) is 5.04. The molecule has 3 rings (SSSR count). The number of hydrogen-bond acceptors (Lipinski definition) is 4. The molecule has 18 heavy (non-hydrogen) atoms. The average Bonchev–Trinajstić information content (AvgIpc) is 2.71. The number of anilines is 1. The number of hydrogen-bond donors (Lipinski definition) is 1. The minimum atomic E-state index is 0.428. The summed E-state index contributed by atoms with van der Waals surface area (Å²) in [6.45, 7) is 0. The summed E-state index contributed by atoms with van der Waals surface area (Å²) in [6.07, 6.45) is 4.69. The molecule has 2 aromatic rings. The molecule has 94 valence electrons. The van der Waals surface area contributed by atoms with Crippen molar-refractivity contribution in [1.82, 2.24) is 4.98 Å². The standard InChI is InChI=1S/C14H16N2OS/c15-14-16-12-6-3-10(8-13(12)18-14)7-9-1-4-11(17)5-2-9/h3,6,8-9H,1-2,4-5,7H2,(H2,15,16). The van der Waals surface area contributed by atoms with E-state index in [1.54, 1.807) is 11.3 Å². The van der Waals surface area contributed by atoms with E-state index < -0.39 is 0 Å². The van der Waals surface area contributed by atoms with Crippen LogP contribution in [0.2, 0.25) is 0 Å². The van der Waals surface area contributed by atoms with Crippen molar-refractivity contribution in [2.24, 2.45) is 5.92 Å². The molecule has 0 unspecified atom stereocenters. The summed E-state index contributed by atoms with van der Waals surface area (Å²) in [5.41, 5.74) is 8.03. The Balaban J connectivity index is 1.76. The van der Waals surface area contributed by atoms with Crippen molar-refractivity contribution in [3.8, 4) is 0 Å². The smallest absolute Gasteiger partial charge is 0.181 e. The Kier molecular flexibility index (Phi) is 3.04. The lowest BCUT2D eigenvalue weighted by Gasteiger charge is -2.20. The van der Waals surface area contributed by atoms with E-state index in [0.717, 1.165) is 42.3 Å². The molecule has 0 atom stereocenters. The zero-order valence-electron chi connectivity index (χ0n) is 10.2. The number of ketones is 1. The molecule has 3 nitrogen and oxygen atoms in total. The van der Waals surface area contributed by atoms with Crippen molar-refractivity contribution >= 4 is 32.5 Å². The highest BCUT2D eigenvalue weighted by atomic mass is 32.1. The summed E-state index contributed by atoms with van der Waals surface area (Å²) in [5, 5.41) is 0.630. The van der Waals surface area contributed by atoms with Gasteiger partial charge in [-0.05, 0) is 42.9 Å². The molecule has 2 N–H and O–H groups in total. The second kappa shape index (κ2) is 4.69. The predicted molar refractivity (Wildman–Crippen MR) is 74.7 cm³/mol. The number of thiazole rings is 1. The normalized spacial score (nSPS) is 17.4. The minimum absolute atomic E-state index is 0.428.